The van der Waals surface area contributed by atoms with Crippen LogP contribution in [0.4, 0.5) is 4.79 Å². The molecule has 1 unspecified atom stereocenters. The zero-order valence-corrected chi connectivity index (χ0v) is 10.3. The normalized spacial score (nSPS) is 11.1. The highest BCUT2D eigenvalue weighted by atomic mass is 32.1. The summed E-state index contributed by atoms with van der Waals surface area (Å²) in [6, 6.07) is 13.2. The highest BCUT2D eigenvalue weighted by Gasteiger charge is 2.12. The molecule has 0 spiro atoms. The summed E-state index contributed by atoms with van der Waals surface area (Å²) < 4.78 is 4.99. The fourth-order valence-electron chi connectivity index (χ4n) is 1.39. The van der Waals surface area contributed by atoms with Crippen molar-refractivity contribution in [2.75, 3.05) is 0 Å². The first-order chi connectivity index (χ1) is 8.75. The van der Waals surface area contributed by atoms with Crippen molar-refractivity contribution >= 4 is 17.4 Å². The summed E-state index contributed by atoms with van der Waals surface area (Å²) in [6.07, 6.45) is -1.43. The molecule has 2 aromatic rings. The van der Waals surface area contributed by atoms with Gasteiger partial charge in [0.2, 0.25) is 0 Å². The molecule has 1 atom stereocenters. The Labute approximate surface area is 109 Å². The Bertz CT molecular complexity index is 567. The largest absolute Gasteiger partial charge is 0.427 e. The summed E-state index contributed by atoms with van der Waals surface area (Å²) in [5.41, 5.74) is 5.91. The summed E-state index contributed by atoms with van der Waals surface area (Å²) in [6.45, 7) is 0. The maximum Gasteiger partial charge on any atom is 0.406 e. The van der Waals surface area contributed by atoms with Crippen molar-refractivity contribution in [3.63, 3.8) is 0 Å². The lowest BCUT2D eigenvalue weighted by Crippen LogP contribution is -2.15. The van der Waals surface area contributed by atoms with Gasteiger partial charge in [0.15, 0.2) is 6.10 Å². The molecule has 18 heavy (non-hydrogen) atoms. The van der Waals surface area contributed by atoms with Gasteiger partial charge in [-0.2, -0.15) is 0 Å². The molecular weight excluding hydrogens is 246 g/mol. The first-order valence-corrected chi connectivity index (χ1v) is 6.20. The number of thiophene rings is 1. The van der Waals surface area contributed by atoms with Crippen molar-refractivity contribution < 1.29 is 9.53 Å². The van der Waals surface area contributed by atoms with Crippen LogP contribution < -0.4 is 5.73 Å². The number of nitrogens with two attached hydrogens (primary N) is 1. The van der Waals surface area contributed by atoms with Crippen LogP contribution in [0.2, 0.25) is 0 Å². The van der Waals surface area contributed by atoms with Crippen LogP contribution in [-0.2, 0) is 4.74 Å². The standard InChI is InChI=1S/C14H11NO2S/c15-14(16)17-12(13-7-4-10-18-13)9-8-11-5-2-1-3-6-11/h1-7,10,12H,(H2,15,16). The Morgan fingerprint density at radius 1 is 1.22 bits per heavy atom. The minimum Gasteiger partial charge on any atom is -0.427 e. The Morgan fingerprint density at radius 2 is 2.00 bits per heavy atom. The number of ether oxygens (including phenoxy) is 1. The lowest BCUT2D eigenvalue weighted by molar-refractivity contribution is 0.135. The van der Waals surface area contributed by atoms with Gasteiger partial charge in [0, 0.05) is 5.56 Å². The monoisotopic (exact) mass is 257 g/mol. The van der Waals surface area contributed by atoms with Gasteiger partial charge in [-0.25, -0.2) is 4.79 Å². The third-order valence-electron chi connectivity index (χ3n) is 2.16. The molecule has 1 aromatic heterocycles. The van der Waals surface area contributed by atoms with Crippen molar-refractivity contribution in [2.24, 2.45) is 5.73 Å². The van der Waals surface area contributed by atoms with E-state index in [0.717, 1.165) is 10.4 Å². The van der Waals surface area contributed by atoms with Crippen molar-refractivity contribution in [3.8, 4) is 11.8 Å². The zero-order chi connectivity index (χ0) is 12.8. The molecule has 0 bridgehead atoms. The number of rotatable bonds is 2. The van der Waals surface area contributed by atoms with Crippen LogP contribution in [0.15, 0.2) is 47.8 Å². The molecule has 0 fully saturated rings. The van der Waals surface area contributed by atoms with E-state index >= 15 is 0 Å². The quantitative estimate of drug-likeness (QED) is 0.841. The van der Waals surface area contributed by atoms with E-state index in [0.29, 0.717) is 0 Å². The number of carbonyl (C=O) groups is 1. The molecule has 1 heterocycles. The van der Waals surface area contributed by atoms with Crippen LogP contribution in [-0.4, -0.2) is 6.09 Å². The summed E-state index contributed by atoms with van der Waals surface area (Å²) in [4.78, 5) is 11.7. The van der Waals surface area contributed by atoms with E-state index in [1.165, 1.54) is 11.3 Å². The number of amides is 1. The van der Waals surface area contributed by atoms with E-state index in [4.69, 9.17) is 10.5 Å². The highest BCUT2D eigenvalue weighted by molar-refractivity contribution is 7.10. The van der Waals surface area contributed by atoms with Gasteiger partial charge in [-0.15, -0.1) is 11.3 Å². The van der Waals surface area contributed by atoms with Gasteiger partial charge in [0.1, 0.15) is 0 Å². The SMILES string of the molecule is NC(=O)OC(C#Cc1ccccc1)c1cccs1. The summed E-state index contributed by atoms with van der Waals surface area (Å²) in [5.74, 6) is 5.87. The molecule has 0 radical (unpaired) electrons. The number of benzene rings is 1. The molecule has 0 aliphatic heterocycles. The fraction of sp³-hybridized carbons (Fsp3) is 0.0714. The number of hydrogen-bond acceptors (Lipinski definition) is 3. The number of hydrogen-bond donors (Lipinski definition) is 1. The summed E-state index contributed by atoms with van der Waals surface area (Å²) >= 11 is 1.47. The van der Waals surface area contributed by atoms with Gasteiger partial charge in [0.05, 0.1) is 4.88 Å². The maximum atomic E-state index is 10.9. The van der Waals surface area contributed by atoms with E-state index in [1.807, 2.05) is 47.8 Å². The van der Waals surface area contributed by atoms with E-state index in [-0.39, 0.29) is 0 Å². The molecule has 1 amide bonds. The molecular formula is C14H11NO2S. The third kappa shape index (κ3) is 3.37. The van der Waals surface area contributed by atoms with Gasteiger partial charge >= 0.3 is 6.09 Å². The van der Waals surface area contributed by atoms with Gasteiger partial charge in [0.25, 0.3) is 0 Å². The summed E-state index contributed by atoms with van der Waals surface area (Å²) in [7, 11) is 0. The molecule has 2 rings (SSSR count). The van der Waals surface area contributed by atoms with E-state index < -0.39 is 12.2 Å². The Kier molecular flexibility index (Phi) is 4.00. The third-order valence-corrected chi connectivity index (χ3v) is 3.07. The lowest BCUT2D eigenvalue weighted by Gasteiger charge is -2.07. The topological polar surface area (TPSA) is 52.3 Å². The molecule has 0 aliphatic carbocycles. The number of carbonyl (C=O) groups excluding carboxylic acids is 1. The minimum absolute atomic E-state index is 0.609. The minimum atomic E-state index is -0.823. The number of primary amides is 1. The van der Waals surface area contributed by atoms with Crippen LogP contribution in [0.5, 0.6) is 0 Å². The van der Waals surface area contributed by atoms with Crippen molar-refractivity contribution in [1.29, 1.82) is 0 Å². The van der Waals surface area contributed by atoms with E-state index in [1.54, 1.807) is 0 Å². The molecule has 1 aromatic carbocycles. The average Bonchev–Trinajstić information content (AvgIpc) is 2.89. The Morgan fingerprint density at radius 3 is 2.61 bits per heavy atom. The van der Waals surface area contributed by atoms with Crippen LogP contribution in [0, 0.1) is 11.8 Å². The second-order valence-electron chi connectivity index (χ2n) is 3.47. The van der Waals surface area contributed by atoms with Crippen molar-refractivity contribution in [1.82, 2.24) is 0 Å². The van der Waals surface area contributed by atoms with Crippen molar-refractivity contribution in [2.45, 2.75) is 6.10 Å². The Balaban J connectivity index is 2.21. The predicted molar refractivity (Wildman–Crippen MR) is 71.0 cm³/mol. The second kappa shape index (κ2) is 5.89. The second-order valence-corrected chi connectivity index (χ2v) is 4.45. The predicted octanol–water partition coefficient (Wildman–Crippen LogP) is 2.94. The Hall–Kier alpha value is -2.25. The molecule has 0 saturated carbocycles. The molecule has 2 N–H and O–H groups in total. The van der Waals surface area contributed by atoms with Crippen LogP contribution in [0.3, 0.4) is 0 Å². The van der Waals surface area contributed by atoms with Crippen molar-refractivity contribution in [3.05, 3.63) is 58.3 Å². The molecule has 3 nitrogen and oxygen atoms in total. The average molecular weight is 257 g/mol. The highest BCUT2D eigenvalue weighted by Crippen LogP contribution is 2.21. The van der Waals surface area contributed by atoms with Gasteiger partial charge in [-0.1, -0.05) is 30.2 Å². The first kappa shape index (κ1) is 12.2. The van der Waals surface area contributed by atoms with Crippen LogP contribution in [0.1, 0.15) is 16.5 Å². The van der Waals surface area contributed by atoms with Crippen LogP contribution in [0.25, 0.3) is 0 Å². The van der Waals surface area contributed by atoms with Gasteiger partial charge in [-0.05, 0) is 29.5 Å². The maximum absolute atomic E-state index is 10.9. The van der Waals surface area contributed by atoms with E-state index in [9.17, 15) is 4.79 Å². The van der Waals surface area contributed by atoms with Gasteiger partial charge < -0.3 is 10.5 Å². The van der Waals surface area contributed by atoms with E-state index in [2.05, 4.69) is 11.8 Å². The molecule has 0 saturated heterocycles. The first-order valence-electron chi connectivity index (χ1n) is 5.32. The summed E-state index contributed by atoms with van der Waals surface area (Å²) in [5, 5.41) is 1.90. The van der Waals surface area contributed by atoms with Crippen LogP contribution >= 0.6 is 11.3 Å². The zero-order valence-electron chi connectivity index (χ0n) is 9.50. The molecule has 4 heteroatoms. The fourth-order valence-corrected chi connectivity index (χ4v) is 2.09. The van der Waals surface area contributed by atoms with Gasteiger partial charge in [-0.3, -0.25) is 0 Å². The lowest BCUT2D eigenvalue weighted by atomic mass is 10.2. The molecule has 90 valence electrons. The smallest absolute Gasteiger partial charge is 0.406 e. The molecule has 0 aliphatic rings.